The molecule has 0 saturated heterocycles. The predicted molar refractivity (Wildman–Crippen MR) is 85.0 cm³/mol. The van der Waals surface area contributed by atoms with Gasteiger partial charge in [0.25, 0.3) is 0 Å². The van der Waals surface area contributed by atoms with Crippen LogP contribution in [0.3, 0.4) is 0 Å². The maximum Gasteiger partial charge on any atom is 0.407 e. The standard InChI is InChI=1S/C15H30N4O2/c1-10(2)8-12(13(18-19-16)9-11(3)4)17-14(20)21-15(5,6)7/h10-13H,8-9H2,1-7H3,(H,17,20)/t12-,13+/m0/s1. The minimum atomic E-state index is -0.543. The predicted octanol–water partition coefficient (Wildman–Crippen LogP) is 4.65. The van der Waals surface area contributed by atoms with E-state index in [-0.39, 0.29) is 12.1 Å². The summed E-state index contributed by atoms with van der Waals surface area (Å²) < 4.78 is 5.30. The van der Waals surface area contributed by atoms with E-state index in [9.17, 15) is 4.79 Å². The van der Waals surface area contributed by atoms with Gasteiger partial charge in [-0.3, -0.25) is 0 Å². The molecule has 2 atom stereocenters. The Morgan fingerprint density at radius 3 is 2.10 bits per heavy atom. The van der Waals surface area contributed by atoms with Gasteiger partial charge in [-0.15, -0.1) is 0 Å². The van der Waals surface area contributed by atoms with E-state index in [1.807, 2.05) is 20.8 Å². The van der Waals surface area contributed by atoms with Crippen LogP contribution >= 0.6 is 0 Å². The molecule has 0 unspecified atom stereocenters. The van der Waals surface area contributed by atoms with Crippen LogP contribution in [-0.4, -0.2) is 23.8 Å². The van der Waals surface area contributed by atoms with Crippen molar-refractivity contribution in [3.05, 3.63) is 10.4 Å². The number of alkyl carbamates (subject to hydrolysis) is 1. The fourth-order valence-corrected chi connectivity index (χ4v) is 2.12. The molecule has 0 aliphatic carbocycles. The number of rotatable bonds is 7. The highest BCUT2D eigenvalue weighted by Crippen LogP contribution is 2.19. The molecule has 0 aliphatic heterocycles. The molecule has 0 spiro atoms. The minimum absolute atomic E-state index is 0.210. The highest BCUT2D eigenvalue weighted by atomic mass is 16.6. The Hall–Kier alpha value is -1.42. The normalized spacial score (nSPS) is 14.5. The van der Waals surface area contributed by atoms with Gasteiger partial charge in [-0.2, -0.15) is 0 Å². The number of azide groups is 1. The number of hydrogen-bond donors (Lipinski definition) is 1. The van der Waals surface area contributed by atoms with Crippen LogP contribution in [0.5, 0.6) is 0 Å². The van der Waals surface area contributed by atoms with E-state index in [1.165, 1.54) is 0 Å². The number of carbonyl (C=O) groups is 1. The Kier molecular flexibility index (Phi) is 8.18. The number of hydrogen-bond acceptors (Lipinski definition) is 3. The van der Waals surface area contributed by atoms with Gasteiger partial charge in [0.1, 0.15) is 5.60 Å². The van der Waals surface area contributed by atoms with Gasteiger partial charge in [0.05, 0.1) is 6.04 Å². The first-order valence-electron chi connectivity index (χ1n) is 7.58. The molecule has 122 valence electrons. The van der Waals surface area contributed by atoms with Crippen molar-refractivity contribution in [2.24, 2.45) is 17.0 Å². The molecular formula is C15H30N4O2. The minimum Gasteiger partial charge on any atom is -0.444 e. The molecule has 6 heteroatoms. The van der Waals surface area contributed by atoms with Gasteiger partial charge >= 0.3 is 6.09 Å². The summed E-state index contributed by atoms with van der Waals surface area (Å²) in [4.78, 5) is 14.9. The second-order valence-electron chi connectivity index (χ2n) is 7.28. The van der Waals surface area contributed by atoms with Gasteiger partial charge in [-0.1, -0.05) is 32.8 Å². The number of carbonyl (C=O) groups excluding carboxylic acids is 1. The zero-order valence-electron chi connectivity index (χ0n) is 14.4. The van der Waals surface area contributed by atoms with E-state index in [1.54, 1.807) is 0 Å². The lowest BCUT2D eigenvalue weighted by molar-refractivity contribution is 0.0487. The first-order chi connectivity index (χ1) is 9.55. The molecule has 0 aromatic heterocycles. The fraction of sp³-hybridized carbons (Fsp3) is 0.933. The largest absolute Gasteiger partial charge is 0.444 e. The zero-order valence-corrected chi connectivity index (χ0v) is 14.4. The summed E-state index contributed by atoms with van der Waals surface area (Å²) in [6, 6.07) is -0.469. The first kappa shape index (κ1) is 19.6. The maximum absolute atomic E-state index is 12.0. The summed E-state index contributed by atoms with van der Waals surface area (Å²) in [6.45, 7) is 13.8. The molecule has 1 amide bonds. The Labute approximate surface area is 128 Å². The first-order valence-corrected chi connectivity index (χ1v) is 7.58. The van der Waals surface area contributed by atoms with Crippen molar-refractivity contribution < 1.29 is 9.53 Å². The van der Waals surface area contributed by atoms with Crippen molar-refractivity contribution in [3.8, 4) is 0 Å². The molecule has 0 fully saturated rings. The average Bonchev–Trinajstić information content (AvgIpc) is 2.23. The number of amides is 1. The van der Waals surface area contributed by atoms with Crippen LogP contribution in [0.2, 0.25) is 0 Å². The summed E-state index contributed by atoms with van der Waals surface area (Å²) in [5.41, 5.74) is 8.22. The lowest BCUT2D eigenvalue weighted by Crippen LogP contribution is -2.45. The summed E-state index contributed by atoms with van der Waals surface area (Å²) in [5, 5.41) is 6.75. The van der Waals surface area contributed by atoms with Crippen molar-refractivity contribution >= 4 is 6.09 Å². The molecule has 0 aromatic rings. The third kappa shape index (κ3) is 10.0. The van der Waals surface area contributed by atoms with E-state index in [2.05, 4.69) is 43.0 Å². The fourth-order valence-electron chi connectivity index (χ4n) is 2.12. The van der Waals surface area contributed by atoms with E-state index in [4.69, 9.17) is 10.3 Å². The maximum atomic E-state index is 12.0. The van der Waals surface area contributed by atoms with E-state index < -0.39 is 11.7 Å². The topological polar surface area (TPSA) is 87.1 Å². The molecule has 0 saturated carbocycles. The van der Waals surface area contributed by atoms with E-state index in [0.717, 1.165) is 12.8 Å². The number of ether oxygens (including phenoxy) is 1. The Morgan fingerprint density at radius 1 is 1.19 bits per heavy atom. The molecule has 0 rings (SSSR count). The van der Waals surface area contributed by atoms with Gasteiger partial charge in [0, 0.05) is 11.0 Å². The van der Waals surface area contributed by atoms with Crippen LogP contribution < -0.4 is 5.32 Å². The van der Waals surface area contributed by atoms with Crippen LogP contribution in [0.15, 0.2) is 5.11 Å². The Balaban J connectivity index is 4.97. The molecule has 0 heterocycles. The third-order valence-corrected chi connectivity index (χ3v) is 2.80. The van der Waals surface area contributed by atoms with Gasteiger partial charge in [-0.25, -0.2) is 4.79 Å². The van der Waals surface area contributed by atoms with Crippen molar-refractivity contribution in [1.82, 2.24) is 5.32 Å². The van der Waals surface area contributed by atoms with Crippen LogP contribution in [0.4, 0.5) is 4.79 Å². The summed E-state index contributed by atoms with van der Waals surface area (Å²) in [7, 11) is 0. The summed E-state index contributed by atoms with van der Waals surface area (Å²) >= 11 is 0. The van der Waals surface area contributed by atoms with Gasteiger partial charge < -0.3 is 10.1 Å². The lowest BCUT2D eigenvalue weighted by atomic mass is 9.92. The van der Waals surface area contributed by atoms with Crippen LogP contribution in [0.25, 0.3) is 10.4 Å². The highest BCUT2D eigenvalue weighted by Gasteiger charge is 2.26. The second kappa shape index (κ2) is 8.78. The van der Waals surface area contributed by atoms with Crippen molar-refractivity contribution in [2.75, 3.05) is 0 Å². The van der Waals surface area contributed by atoms with Gasteiger partial charge in [-0.05, 0) is 51.0 Å². The Bertz CT molecular complexity index is 368. The molecular weight excluding hydrogens is 268 g/mol. The molecule has 1 N–H and O–H groups in total. The van der Waals surface area contributed by atoms with Crippen molar-refractivity contribution in [2.45, 2.75) is 79.0 Å². The van der Waals surface area contributed by atoms with Gasteiger partial charge in [0.2, 0.25) is 0 Å². The smallest absolute Gasteiger partial charge is 0.407 e. The molecule has 0 aliphatic rings. The van der Waals surface area contributed by atoms with Crippen LogP contribution in [0, 0.1) is 11.8 Å². The molecule has 21 heavy (non-hydrogen) atoms. The van der Waals surface area contributed by atoms with Crippen molar-refractivity contribution in [1.29, 1.82) is 0 Å². The van der Waals surface area contributed by atoms with Crippen LogP contribution in [0.1, 0.15) is 61.3 Å². The SMILES string of the molecule is CC(C)C[C@H](NC(=O)OC(C)(C)C)[C@@H](CC(C)C)N=[N+]=[N-]. The number of nitrogens with one attached hydrogen (secondary N) is 1. The molecule has 0 bridgehead atoms. The Morgan fingerprint density at radius 2 is 1.71 bits per heavy atom. The van der Waals surface area contributed by atoms with E-state index >= 15 is 0 Å². The van der Waals surface area contributed by atoms with Crippen molar-refractivity contribution in [3.63, 3.8) is 0 Å². The molecule has 0 radical (unpaired) electrons. The molecule has 6 nitrogen and oxygen atoms in total. The lowest BCUT2D eigenvalue weighted by Gasteiger charge is -2.29. The van der Waals surface area contributed by atoms with Crippen LogP contribution in [-0.2, 0) is 4.74 Å². The second-order valence-corrected chi connectivity index (χ2v) is 7.28. The van der Waals surface area contributed by atoms with Gasteiger partial charge in [0.15, 0.2) is 0 Å². The number of nitrogens with zero attached hydrogens (tertiary/aromatic N) is 3. The zero-order chi connectivity index (χ0) is 16.6. The molecule has 0 aromatic carbocycles. The highest BCUT2D eigenvalue weighted by molar-refractivity contribution is 5.68. The summed E-state index contributed by atoms with van der Waals surface area (Å²) in [6.07, 6.45) is 1.02. The third-order valence-electron chi connectivity index (χ3n) is 2.80. The quantitative estimate of drug-likeness (QED) is 0.421. The summed E-state index contributed by atoms with van der Waals surface area (Å²) in [5.74, 6) is 0.768. The van der Waals surface area contributed by atoms with E-state index in [0.29, 0.717) is 11.8 Å². The average molecular weight is 298 g/mol. The monoisotopic (exact) mass is 298 g/mol.